The number of hydrogen-bond donors (Lipinski definition) is 2. The van der Waals surface area contributed by atoms with E-state index in [0.29, 0.717) is 25.0 Å². The van der Waals surface area contributed by atoms with Crippen LogP contribution in [0, 0.1) is 0 Å². The van der Waals surface area contributed by atoms with E-state index in [-0.39, 0.29) is 23.6 Å². The molecule has 0 aliphatic carbocycles. The third kappa shape index (κ3) is 3.40. The van der Waals surface area contributed by atoms with Gasteiger partial charge >= 0.3 is 5.97 Å². The first-order valence-corrected chi connectivity index (χ1v) is 6.04. The summed E-state index contributed by atoms with van der Waals surface area (Å²) in [6, 6.07) is 4.68. The van der Waals surface area contributed by atoms with E-state index < -0.39 is 0 Å². The van der Waals surface area contributed by atoms with E-state index in [1.165, 1.54) is 25.3 Å². The van der Waals surface area contributed by atoms with Crippen LogP contribution >= 0.6 is 0 Å². The van der Waals surface area contributed by atoms with Gasteiger partial charge in [-0.15, -0.1) is 0 Å². The summed E-state index contributed by atoms with van der Waals surface area (Å²) in [5, 5.41) is 18.6. The molecule has 1 aromatic carbocycles. The van der Waals surface area contributed by atoms with Gasteiger partial charge in [-0.25, -0.2) is 4.79 Å². The molecule has 5 nitrogen and oxygen atoms in total. The van der Waals surface area contributed by atoms with Crippen LogP contribution < -0.4 is 0 Å². The number of methoxy groups -OCH3 is 1. The fourth-order valence-corrected chi connectivity index (χ4v) is 2.01. The maximum Gasteiger partial charge on any atom is 0.334 e. The van der Waals surface area contributed by atoms with Crippen molar-refractivity contribution in [2.45, 2.75) is 25.4 Å². The first kappa shape index (κ1) is 13.3. The first-order chi connectivity index (χ1) is 9.08. The van der Waals surface area contributed by atoms with Crippen molar-refractivity contribution in [1.29, 1.82) is 0 Å². The van der Waals surface area contributed by atoms with Gasteiger partial charge in [-0.2, -0.15) is 0 Å². The van der Waals surface area contributed by atoms with E-state index in [1.54, 1.807) is 6.07 Å². The van der Waals surface area contributed by atoms with E-state index in [0.717, 1.165) is 5.56 Å². The number of carbonyl (C=O) groups is 1. The Labute approximate surface area is 111 Å². The fraction of sp³-hybridized carbons (Fsp3) is 0.357. The van der Waals surface area contributed by atoms with Crippen molar-refractivity contribution in [3.63, 3.8) is 0 Å². The zero-order chi connectivity index (χ0) is 13.8. The molecule has 1 atom stereocenters. The quantitative estimate of drug-likeness (QED) is 0.641. The van der Waals surface area contributed by atoms with E-state index in [4.69, 9.17) is 9.47 Å². The van der Waals surface area contributed by atoms with Crippen LogP contribution in [0.3, 0.4) is 0 Å². The first-order valence-electron chi connectivity index (χ1n) is 6.04. The van der Waals surface area contributed by atoms with Crippen molar-refractivity contribution < 1.29 is 24.5 Å². The lowest BCUT2D eigenvalue weighted by atomic mass is 10.0. The molecule has 0 saturated heterocycles. The monoisotopic (exact) mass is 264 g/mol. The highest BCUT2D eigenvalue weighted by Gasteiger charge is 2.22. The Hall–Kier alpha value is -2.17. The maximum atomic E-state index is 11.3. The van der Waals surface area contributed by atoms with Crippen molar-refractivity contribution in [3.8, 4) is 11.5 Å². The molecule has 0 bridgehead atoms. The Morgan fingerprint density at radius 1 is 1.37 bits per heavy atom. The van der Waals surface area contributed by atoms with Gasteiger partial charge in [0.1, 0.15) is 11.9 Å². The predicted octanol–water partition coefficient (Wildman–Crippen LogP) is 1.88. The van der Waals surface area contributed by atoms with Crippen LogP contribution in [0.25, 0.3) is 0 Å². The lowest BCUT2D eigenvalue weighted by Crippen LogP contribution is -2.23. The molecule has 1 aliphatic rings. The molecule has 0 fully saturated rings. The average Bonchev–Trinajstić information content (AvgIpc) is 2.39. The zero-order valence-corrected chi connectivity index (χ0v) is 10.6. The van der Waals surface area contributed by atoms with Crippen LogP contribution in [-0.2, 0) is 20.7 Å². The average molecular weight is 264 g/mol. The summed E-state index contributed by atoms with van der Waals surface area (Å²) in [5.41, 5.74) is 0.875. The summed E-state index contributed by atoms with van der Waals surface area (Å²) in [6.45, 7) is 0. The summed E-state index contributed by atoms with van der Waals surface area (Å²) < 4.78 is 10.3. The minimum atomic E-state index is -0.387. The molecule has 1 heterocycles. The van der Waals surface area contributed by atoms with Gasteiger partial charge in [0.25, 0.3) is 0 Å². The highest BCUT2D eigenvalue weighted by atomic mass is 16.5. The number of phenolic OH excluding ortho intramolecular Hbond substituents is 2. The molecule has 0 aromatic heterocycles. The van der Waals surface area contributed by atoms with Gasteiger partial charge in [-0.1, -0.05) is 6.07 Å². The molecule has 2 N–H and O–H groups in total. The molecule has 1 aromatic rings. The minimum absolute atomic E-state index is 0.141. The van der Waals surface area contributed by atoms with Gasteiger partial charge < -0.3 is 19.7 Å². The minimum Gasteiger partial charge on any atom is -0.504 e. The molecule has 0 saturated carbocycles. The fourth-order valence-electron chi connectivity index (χ4n) is 2.01. The summed E-state index contributed by atoms with van der Waals surface area (Å²) in [7, 11) is 1.53. The smallest absolute Gasteiger partial charge is 0.334 e. The van der Waals surface area contributed by atoms with Crippen molar-refractivity contribution in [2.75, 3.05) is 7.11 Å². The molecule has 0 radical (unpaired) electrons. The topological polar surface area (TPSA) is 76.0 Å². The zero-order valence-electron chi connectivity index (χ0n) is 10.6. The Bertz CT molecular complexity index is 507. The lowest BCUT2D eigenvalue weighted by molar-refractivity contribution is -0.145. The molecule has 0 amide bonds. The van der Waals surface area contributed by atoms with Crippen molar-refractivity contribution in [3.05, 3.63) is 35.6 Å². The third-order valence-corrected chi connectivity index (χ3v) is 3.05. The van der Waals surface area contributed by atoms with Gasteiger partial charge in [-0.3, -0.25) is 0 Å². The highest BCUT2D eigenvalue weighted by molar-refractivity contribution is 5.83. The number of esters is 1. The molecule has 1 aliphatic heterocycles. The van der Waals surface area contributed by atoms with Gasteiger partial charge in [0.15, 0.2) is 11.5 Å². The molecule has 102 valence electrons. The lowest BCUT2D eigenvalue weighted by Gasteiger charge is -2.22. The number of phenols is 2. The van der Waals surface area contributed by atoms with Crippen LogP contribution in [0.5, 0.6) is 11.5 Å². The summed E-state index contributed by atoms with van der Waals surface area (Å²) in [4.78, 5) is 11.3. The van der Waals surface area contributed by atoms with Gasteiger partial charge in [-0.05, 0) is 30.5 Å². The van der Waals surface area contributed by atoms with Crippen LogP contribution in [0.2, 0.25) is 0 Å². The normalized spacial score (nSPS) is 18.7. The molecule has 19 heavy (non-hydrogen) atoms. The predicted molar refractivity (Wildman–Crippen MR) is 67.7 cm³/mol. The number of benzene rings is 1. The number of ether oxygens (including phenoxy) is 2. The van der Waals surface area contributed by atoms with Crippen molar-refractivity contribution in [1.82, 2.24) is 0 Å². The number of aryl methyl sites for hydroxylation is 1. The second-order valence-electron chi connectivity index (χ2n) is 4.44. The van der Waals surface area contributed by atoms with Crippen LogP contribution in [0.15, 0.2) is 30.0 Å². The Balaban J connectivity index is 1.94. The van der Waals surface area contributed by atoms with E-state index in [2.05, 4.69) is 0 Å². The molecule has 5 heteroatoms. The molecular formula is C14H16O5. The second-order valence-corrected chi connectivity index (χ2v) is 4.44. The van der Waals surface area contributed by atoms with E-state index in [9.17, 15) is 15.0 Å². The molecule has 2 rings (SSSR count). The summed E-state index contributed by atoms with van der Waals surface area (Å²) >= 11 is 0. The van der Waals surface area contributed by atoms with E-state index >= 15 is 0 Å². The van der Waals surface area contributed by atoms with Crippen molar-refractivity contribution in [2.24, 2.45) is 0 Å². The van der Waals surface area contributed by atoms with Gasteiger partial charge in [0.2, 0.25) is 0 Å². The number of aromatic hydroxyl groups is 2. The third-order valence-electron chi connectivity index (χ3n) is 3.05. The van der Waals surface area contributed by atoms with Gasteiger partial charge in [0.05, 0.1) is 13.2 Å². The largest absolute Gasteiger partial charge is 0.504 e. The number of rotatable bonds is 4. The SMILES string of the molecule is COC1=CC(=O)OC(CCc2ccc(O)c(O)c2)C1. The standard InChI is InChI=1S/C14H16O5/c1-18-11-7-10(19-14(17)8-11)4-2-9-3-5-12(15)13(16)6-9/h3,5-6,8,10,15-16H,2,4,7H2,1H3. The highest BCUT2D eigenvalue weighted by Crippen LogP contribution is 2.26. The van der Waals surface area contributed by atoms with Crippen LogP contribution in [0.1, 0.15) is 18.4 Å². The summed E-state index contributed by atoms with van der Waals surface area (Å²) in [5.74, 6) is -0.0514. The Morgan fingerprint density at radius 3 is 2.84 bits per heavy atom. The number of carbonyl (C=O) groups excluding carboxylic acids is 1. The molecule has 0 spiro atoms. The second kappa shape index (κ2) is 5.65. The van der Waals surface area contributed by atoms with Crippen LogP contribution in [0.4, 0.5) is 0 Å². The van der Waals surface area contributed by atoms with Gasteiger partial charge in [0, 0.05) is 6.42 Å². The maximum absolute atomic E-state index is 11.3. The van der Waals surface area contributed by atoms with Crippen LogP contribution in [-0.4, -0.2) is 29.4 Å². The molecule has 1 unspecified atom stereocenters. The Kier molecular flexibility index (Phi) is 3.94. The Morgan fingerprint density at radius 2 is 2.16 bits per heavy atom. The van der Waals surface area contributed by atoms with Crippen molar-refractivity contribution >= 4 is 5.97 Å². The number of hydrogen-bond acceptors (Lipinski definition) is 5. The number of cyclic esters (lactones) is 1. The van der Waals surface area contributed by atoms with E-state index in [1.807, 2.05) is 0 Å². The summed E-state index contributed by atoms with van der Waals surface area (Å²) in [6.07, 6.45) is 2.97. The molecular weight excluding hydrogens is 248 g/mol.